The van der Waals surface area contributed by atoms with E-state index in [9.17, 15) is 22.4 Å². The van der Waals surface area contributed by atoms with Crippen LogP contribution in [-0.4, -0.2) is 10.9 Å². The van der Waals surface area contributed by atoms with Crippen molar-refractivity contribution in [1.82, 2.24) is 4.98 Å². The van der Waals surface area contributed by atoms with E-state index >= 15 is 0 Å². The molecule has 0 radical (unpaired) electrons. The molecule has 0 aliphatic heterocycles. The van der Waals surface area contributed by atoms with Crippen LogP contribution in [0.5, 0.6) is 0 Å². The first-order valence-electron chi connectivity index (χ1n) is 10.3. The molecule has 0 bridgehead atoms. The summed E-state index contributed by atoms with van der Waals surface area (Å²) < 4.78 is 53.3. The van der Waals surface area contributed by atoms with Crippen molar-refractivity contribution in [3.8, 4) is 0 Å². The van der Waals surface area contributed by atoms with Crippen LogP contribution in [0.2, 0.25) is 0 Å². The standard InChI is InChI=1S/C27H18F4N2O/c28-24-8-2-1-6-23(24)21(18-11-13-20(14-12-18)27(29,30)31)7-4-10-26(34)33-25-9-3-5-19-17-32-16-15-22(19)25/h1-17H,(H,33,34)/b10-4+,21-7-. The Kier molecular flexibility index (Phi) is 6.54. The van der Waals surface area contributed by atoms with Crippen molar-refractivity contribution in [2.45, 2.75) is 6.18 Å². The Morgan fingerprint density at radius 3 is 2.41 bits per heavy atom. The van der Waals surface area contributed by atoms with Crippen molar-refractivity contribution >= 4 is 27.9 Å². The molecule has 0 aliphatic carbocycles. The quantitative estimate of drug-likeness (QED) is 0.197. The van der Waals surface area contributed by atoms with Crippen LogP contribution in [0, 0.1) is 5.82 Å². The molecule has 0 spiro atoms. The minimum atomic E-state index is -4.48. The smallest absolute Gasteiger partial charge is 0.322 e. The molecule has 1 aromatic heterocycles. The Morgan fingerprint density at radius 1 is 0.912 bits per heavy atom. The van der Waals surface area contributed by atoms with Gasteiger partial charge < -0.3 is 5.32 Å². The molecule has 170 valence electrons. The fraction of sp³-hybridized carbons (Fsp3) is 0.0370. The van der Waals surface area contributed by atoms with Crippen molar-refractivity contribution in [2.75, 3.05) is 5.32 Å². The average Bonchev–Trinajstić information content (AvgIpc) is 2.82. The van der Waals surface area contributed by atoms with E-state index in [1.54, 1.807) is 36.7 Å². The number of aromatic nitrogens is 1. The summed E-state index contributed by atoms with van der Waals surface area (Å²) in [7, 11) is 0. The Labute approximate surface area is 193 Å². The highest BCUT2D eigenvalue weighted by Gasteiger charge is 2.30. The Balaban J connectivity index is 1.62. The first-order chi connectivity index (χ1) is 16.3. The number of pyridine rings is 1. The molecule has 34 heavy (non-hydrogen) atoms. The summed E-state index contributed by atoms with van der Waals surface area (Å²) in [5.41, 5.74) is 0.727. The number of anilines is 1. The number of rotatable bonds is 5. The zero-order chi connectivity index (χ0) is 24.1. The molecule has 7 heteroatoms. The molecule has 0 atom stereocenters. The van der Waals surface area contributed by atoms with Crippen LogP contribution in [0.15, 0.2) is 103 Å². The molecule has 1 heterocycles. The van der Waals surface area contributed by atoms with E-state index in [4.69, 9.17) is 0 Å². The highest BCUT2D eigenvalue weighted by Crippen LogP contribution is 2.32. The second-order valence-corrected chi connectivity index (χ2v) is 7.39. The minimum Gasteiger partial charge on any atom is -0.322 e. The Hall–Kier alpha value is -4.26. The number of hydrogen-bond donors (Lipinski definition) is 1. The van der Waals surface area contributed by atoms with Gasteiger partial charge in [0.25, 0.3) is 0 Å². The van der Waals surface area contributed by atoms with Gasteiger partial charge in [-0.05, 0) is 41.5 Å². The lowest BCUT2D eigenvalue weighted by molar-refractivity contribution is -0.137. The number of carbonyl (C=O) groups excluding carboxylic acids is 1. The third-order valence-corrected chi connectivity index (χ3v) is 5.14. The first kappa shape index (κ1) is 22.9. The molecule has 0 saturated heterocycles. The second kappa shape index (κ2) is 9.70. The Bertz CT molecular complexity index is 1380. The average molecular weight is 462 g/mol. The van der Waals surface area contributed by atoms with Gasteiger partial charge in [-0.1, -0.05) is 54.6 Å². The molecule has 3 aromatic carbocycles. The molecule has 0 unspecified atom stereocenters. The second-order valence-electron chi connectivity index (χ2n) is 7.39. The molecule has 4 aromatic rings. The number of carbonyl (C=O) groups is 1. The predicted octanol–water partition coefficient (Wildman–Crippen LogP) is 7.02. The number of halogens is 4. The van der Waals surface area contributed by atoms with Crippen LogP contribution < -0.4 is 5.32 Å². The lowest BCUT2D eigenvalue weighted by atomic mass is 9.96. The zero-order valence-corrected chi connectivity index (χ0v) is 17.7. The van der Waals surface area contributed by atoms with E-state index in [1.165, 1.54) is 48.6 Å². The maximum Gasteiger partial charge on any atom is 0.416 e. The molecule has 1 N–H and O–H groups in total. The number of nitrogens with one attached hydrogen (secondary N) is 1. The number of nitrogens with zero attached hydrogens (tertiary/aromatic N) is 1. The normalized spacial score (nSPS) is 12.3. The summed E-state index contributed by atoms with van der Waals surface area (Å²) in [6.07, 6.45) is 3.03. The SMILES string of the molecule is O=C(/C=C/C=C(/c1ccc(C(F)(F)F)cc1)c1ccccc1F)Nc1cccc2cnccc12. The molecular weight excluding hydrogens is 444 g/mol. The van der Waals surface area contributed by atoms with Crippen molar-refractivity contribution in [1.29, 1.82) is 0 Å². The van der Waals surface area contributed by atoms with E-state index in [2.05, 4.69) is 10.3 Å². The lowest BCUT2D eigenvalue weighted by Gasteiger charge is -2.11. The van der Waals surface area contributed by atoms with Crippen LogP contribution in [-0.2, 0) is 11.0 Å². The summed E-state index contributed by atoms with van der Waals surface area (Å²) >= 11 is 0. The maximum atomic E-state index is 14.5. The first-order valence-corrected chi connectivity index (χ1v) is 10.3. The van der Waals surface area contributed by atoms with Gasteiger partial charge in [-0.3, -0.25) is 9.78 Å². The van der Waals surface area contributed by atoms with Crippen molar-refractivity contribution < 1.29 is 22.4 Å². The summed E-state index contributed by atoms with van der Waals surface area (Å²) in [4.78, 5) is 16.5. The topological polar surface area (TPSA) is 42.0 Å². The van der Waals surface area contributed by atoms with Gasteiger partial charge in [-0.15, -0.1) is 0 Å². The van der Waals surface area contributed by atoms with Gasteiger partial charge in [-0.2, -0.15) is 13.2 Å². The van der Waals surface area contributed by atoms with Gasteiger partial charge >= 0.3 is 6.18 Å². The summed E-state index contributed by atoms with van der Waals surface area (Å²) in [6.45, 7) is 0. The van der Waals surface area contributed by atoms with Crippen molar-refractivity contribution in [2.24, 2.45) is 0 Å². The maximum absolute atomic E-state index is 14.5. The Morgan fingerprint density at radius 2 is 1.68 bits per heavy atom. The van der Waals surface area contributed by atoms with E-state index in [-0.39, 0.29) is 5.56 Å². The monoisotopic (exact) mass is 462 g/mol. The van der Waals surface area contributed by atoms with Crippen molar-refractivity contribution in [3.63, 3.8) is 0 Å². The van der Waals surface area contributed by atoms with Gasteiger partial charge in [0.15, 0.2) is 0 Å². The van der Waals surface area contributed by atoms with Gasteiger partial charge in [0.05, 0.1) is 5.56 Å². The number of alkyl halides is 3. The molecule has 0 aliphatic rings. The third kappa shape index (κ3) is 5.20. The molecule has 4 rings (SSSR count). The number of benzene rings is 3. The molecule has 0 saturated carbocycles. The molecule has 1 amide bonds. The van der Waals surface area contributed by atoms with Gasteiger partial charge in [0.2, 0.25) is 5.91 Å². The lowest BCUT2D eigenvalue weighted by Crippen LogP contribution is -2.08. The fourth-order valence-electron chi connectivity index (χ4n) is 3.50. The van der Waals surface area contributed by atoms with E-state index in [0.717, 1.165) is 22.9 Å². The molecular formula is C27H18F4N2O. The van der Waals surface area contributed by atoms with Crippen LogP contribution >= 0.6 is 0 Å². The minimum absolute atomic E-state index is 0.203. The number of fused-ring (bicyclic) bond motifs is 1. The fourth-order valence-corrected chi connectivity index (χ4v) is 3.50. The van der Waals surface area contributed by atoms with Crippen molar-refractivity contribution in [3.05, 3.63) is 126 Å². The number of amides is 1. The van der Waals surface area contributed by atoms with Gasteiger partial charge in [0.1, 0.15) is 5.82 Å². The van der Waals surface area contributed by atoms with Gasteiger partial charge in [-0.25, -0.2) is 4.39 Å². The number of hydrogen-bond acceptors (Lipinski definition) is 2. The molecule has 3 nitrogen and oxygen atoms in total. The van der Waals surface area contributed by atoms with Crippen LogP contribution in [0.4, 0.5) is 23.2 Å². The van der Waals surface area contributed by atoms with E-state index in [1.807, 2.05) is 6.07 Å². The summed E-state index contributed by atoms with van der Waals surface area (Å²) in [6, 6.07) is 17.6. The third-order valence-electron chi connectivity index (χ3n) is 5.14. The summed E-state index contributed by atoms with van der Waals surface area (Å²) in [5, 5.41) is 4.49. The summed E-state index contributed by atoms with van der Waals surface area (Å²) in [5.74, 6) is -0.947. The zero-order valence-electron chi connectivity index (χ0n) is 17.7. The number of allylic oxidation sites excluding steroid dienone is 2. The van der Waals surface area contributed by atoms with Crippen LogP contribution in [0.1, 0.15) is 16.7 Å². The van der Waals surface area contributed by atoms with Gasteiger partial charge in [0, 0.05) is 40.5 Å². The highest BCUT2D eigenvalue weighted by atomic mass is 19.4. The molecule has 0 fully saturated rings. The van der Waals surface area contributed by atoms with Crippen LogP contribution in [0.25, 0.3) is 16.3 Å². The van der Waals surface area contributed by atoms with E-state index < -0.39 is 23.5 Å². The highest BCUT2D eigenvalue weighted by molar-refractivity contribution is 6.06. The van der Waals surface area contributed by atoms with E-state index in [0.29, 0.717) is 16.8 Å². The predicted molar refractivity (Wildman–Crippen MR) is 124 cm³/mol. The largest absolute Gasteiger partial charge is 0.416 e. The van der Waals surface area contributed by atoms with Crippen LogP contribution in [0.3, 0.4) is 0 Å².